The average molecular weight is 361 g/mol. The first-order chi connectivity index (χ1) is 13.2. The molecule has 1 aliphatic rings. The number of piperidine rings is 1. The molecular weight excluding hydrogens is 338 g/mol. The molecule has 5 nitrogen and oxygen atoms in total. The molecule has 4 rings (SSSR count). The SMILES string of the molecule is CN1CC(n2ccnc2-c2cccc(OCc3ccccc3)c2)CCC1=O. The van der Waals surface area contributed by atoms with E-state index >= 15 is 0 Å². The molecule has 0 N–H and O–H groups in total. The maximum absolute atomic E-state index is 11.8. The Morgan fingerprint density at radius 1 is 1.15 bits per heavy atom. The Morgan fingerprint density at radius 2 is 2.00 bits per heavy atom. The van der Waals surface area contributed by atoms with Gasteiger partial charge in [-0.25, -0.2) is 4.98 Å². The second-order valence-corrected chi connectivity index (χ2v) is 6.93. The van der Waals surface area contributed by atoms with Gasteiger partial charge in [-0.05, 0) is 24.1 Å². The van der Waals surface area contributed by atoms with Crippen LogP contribution in [0.15, 0.2) is 67.0 Å². The smallest absolute Gasteiger partial charge is 0.222 e. The summed E-state index contributed by atoms with van der Waals surface area (Å²) < 4.78 is 8.14. The Hall–Kier alpha value is -3.08. The molecule has 0 bridgehead atoms. The number of carbonyl (C=O) groups excluding carboxylic acids is 1. The van der Waals surface area contributed by atoms with E-state index in [-0.39, 0.29) is 11.9 Å². The molecule has 2 heterocycles. The lowest BCUT2D eigenvalue weighted by Crippen LogP contribution is -2.37. The molecule has 3 aromatic rings. The van der Waals surface area contributed by atoms with Crippen molar-refractivity contribution in [2.45, 2.75) is 25.5 Å². The van der Waals surface area contributed by atoms with Crippen LogP contribution in [-0.2, 0) is 11.4 Å². The number of imidazole rings is 1. The first-order valence-corrected chi connectivity index (χ1v) is 9.24. The van der Waals surface area contributed by atoms with Crippen LogP contribution < -0.4 is 4.74 Å². The normalized spacial score (nSPS) is 17.1. The minimum absolute atomic E-state index is 0.212. The molecule has 138 valence electrons. The van der Waals surface area contributed by atoms with Gasteiger partial charge in [-0.3, -0.25) is 4.79 Å². The summed E-state index contributed by atoms with van der Waals surface area (Å²) in [6.07, 6.45) is 5.25. The quantitative estimate of drug-likeness (QED) is 0.692. The Balaban J connectivity index is 1.53. The van der Waals surface area contributed by atoms with Crippen molar-refractivity contribution in [2.24, 2.45) is 0 Å². The summed E-state index contributed by atoms with van der Waals surface area (Å²) in [7, 11) is 1.86. The van der Waals surface area contributed by atoms with Crippen molar-refractivity contribution in [3.05, 3.63) is 72.6 Å². The number of rotatable bonds is 5. The minimum atomic E-state index is 0.212. The topological polar surface area (TPSA) is 47.4 Å². The molecule has 0 radical (unpaired) electrons. The second-order valence-electron chi connectivity index (χ2n) is 6.93. The maximum Gasteiger partial charge on any atom is 0.222 e. The maximum atomic E-state index is 11.8. The fraction of sp³-hybridized carbons (Fsp3) is 0.273. The molecule has 2 aromatic carbocycles. The van der Waals surface area contributed by atoms with Gasteiger partial charge in [-0.15, -0.1) is 0 Å². The lowest BCUT2D eigenvalue weighted by Gasteiger charge is -2.31. The van der Waals surface area contributed by atoms with E-state index in [1.807, 2.05) is 61.9 Å². The molecule has 1 aliphatic heterocycles. The van der Waals surface area contributed by atoms with Crippen molar-refractivity contribution in [1.82, 2.24) is 14.5 Å². The van der Waals surface area contributed by atoms with Gasteiger partial charge in [0.2, 0.25) is 5.91 Å². The van der Waals surface area contributed by atoms with E-state index in [0.29, 0.717) is 19.6 Å². The number of ether oxygens (including phenoxy) is 1. The third kappa shape index (κ3) is 3.87. The third-order valence-corrected chi connectivity index (χ3v) is 5.00. The predicted octanol–water partition coefficient (Wildman–Crippen LogP) is 3.92. The molecule has 0 saturated carbocycles. The number of carbonyl (C=O) groups is 1. The average Bonchev–Trinajstić information content (AvgIpc) is 3.19. The molecule has 0 aliphatic carbocycles. The van der Waals surface area contributed by atoms with E-state index in [0.717, 1.165) is 29.1 Å². The number of benzene rings is 2. The van der Waals surface area contributed by atoms with Gasteiger partial charge < -0.3 is 14.2 Å². The number of amides is 1. The van der Waals surface area contributed by atoms with Gasteiger partial charge in [0, 0.05) is 38.0 Å². The van der Waals surface area contributed by atoms with Crippen LogP contribution >= 0.6 is 0 Å². The summed E-state index contributed by atoms with van der Waals surface area (Å²) in [5.74, 6) is 1.94. The van der Waals surface area contributed by atoms with Gasteiger partial charge in [-0.1, -0.05) is 42.5 Å². The fourth-order valence-corrected chi connectivity index (χ4v) is 3.51. The van der Waals surface area contributed by atoms with Crippen LogP contribution in [-0.4, -0.2) is 34.0 Å². The zero-order valence-corrected chi connectivity index (χ0v) is 15.4. The van der Waals surface area contributed by atoms with Gasteiger partial charge in [0.15, 0.2) is 0 Å². The summed E-state index contributed by atoms with van der Waals surface area (Å²) in [4.78, 5) is 18.2. The summed E-state index contributed by atoms with van der Waals surface area (Å²) >= 11 is 0. The van der Waals surface area contributed by atoms with Gasteiger partial charge >= 0.3 is 0 Å². The van der Waals surface area contributed by atoms with Crippen LogP contribution in [0.4, 0.5) is 0 Å². The highest BCUT2D eigenvalue weighted by Crippen LogP contribution is 2.29. The number of likely N-dealkylation sites (tertiary alicyclic amines) is 1. The van der Waals surface area contributed by atoms with Crippen molar-refractivity contribution in [3.8, 4) is 17.1 Å². The van der Waals surface area contributed by atoms with E-state index in [1.54, 1.807) is 4.90 Å². The number of hydrogen-bond donors (Lipinski definition) is 0. The molecule has 1 amide bonds. The predicted molar refractivity (Wildman–Crippen MR) is 104 cm³/mol. The highest BCUT2D eigenvalue weighted by Gasteiger charge is 2.25. The molecule has 27 heavy (non-hydrogen) atoms. The van der Waals surface area contributed by atoms with Gasteiger partial charge in [0.05, 0.1) is 6.04 Å². The van der Waals surface area contributed by atoms with Gasteiger partial charge in [0.25, 0.3) is 0 Å². The highest BCUT2D eigenvalue weighted by molar-refractivity contribution is 5.76. The zero-order valence-electron chi connectivity index (χ0n) is 15.4. The number of nitrogens with zero attached hydrogens (tertiary/aromatic N) is 3. The van der Waals surface area contributed by atoms with Crippen LogP contribution in [0.25, 0.3) is 11.4 Å². The molecule has 1 unspecified atom stereocenters. The largest absolute Gasteiger partial charge is 0.489 e. The van der Waals surface area contributed by atoms with Crippen molar-refractivity contribution in [1.29, 1.82) is 0 Å². The summed E-state index contributed by atoms with van der Waals surface area (Å²) in [6, 6.07) is 18.4. The first-order valence-electron chi connectivity index (χ1n) is 9.24. The molecule has 5 heteroatoms. The molecule has 1 atom stereocenters. The molecular formula is C22H23N3O2. The third-order valence-electron chi connectivity index (χ3n) is 5.00. The summed E-state index contributed by atoms with van der Waals surface area (Å²) in [5, 5.41) is 0. The van der Waals surface area contributed by atoms with Gasteiger partial charge in [0.1, 0.15) is 18.2 Å². The summed E-state index contributed by atoms with van der Waals surface area (Å²) in [6.45, 7) is 1.25. The van der Waals surface area contributed by atoms with Crippen molar-refractivity contribution in [2.75, 3.05) is 13.6 Å². The number of aromatic nitrogens is 2. The Kier molecular flexibility index (Phi) is 4.92. The first kappa shape index (κ1) is 17.3. The molecule has 0 spiro atoms. The minimum Gasteiger partial charge on any atom is -0.489 e. The van der Waals surface area contributed by atoms with E-state index in [9.17, 15) is 4.79 Å². The zero-order chi connectivity index (χ0) is 18.6. The summed E-state index contributed by atoms with van der Waals surface area (Å²) in [5.41, 5.74) is 2.16. The molecule has 1 saturated heterocycles. The van der Waals surface area contributed by atoms with Crippen molar-refractivity contribution >= 4 is 5.91 Å². The van der Waals surface area contributed by atoms with Crippen LogP contribution in [0, 0.1) is 0 Å². The van der Waals surface area contributed by atoms with Crippen molar-refractivity contribution < 1.29 is 9.53 Å². The Bertz CT molecular complexity index is 920. The lowest BCUT2D eigenvalue weighted by molar-refractivity contribution is -0.132. The Labute approximate surface area is 159 Å². The Morgan fingerprint density at radius 3 is 2.81 bits per heavy atom. The van der Waals surface area contributed by atoms with Crippen LogP contribution in [0.3, 0.4) is 0 Å². The van der Waals surface area contributed by atoms with Crippen LogP contribution in [0.2, 0.25) is 0 Å². The number of likely N-dealkylation sites (N-methyl/N-ethyl adjacent to an activating group) is 1. The standard InChI is InChI=1S/C22H23N3O2/c1-24-15-19(10-11-21(24)26)25-13-12-23-22(25)18-8-5-9-20(14-18)27-16-17-6-3-2-4-7-17/h2-9,12-14,19H,10-11,15-16H2,1H3. The van der Waals surface area contributed by atoms with Gasteiger partial charge in [-0.2, -0.15) is 0 Å². The van der Waals surface area contributed by atoms with Crippen LogP contribution in [0.1, 0.15) is 24.4 Å². The number of hydrogen-bond acceptors (Lipinski definition) is 3. The van der Waals surface area contributed by atoms with E-state index in [2.05, 4.69) is 21.7 Å². The van der Waals surface area contributed by atoms with E-state index in [1.165, 1.54) is 0 Å². The van der Waals surface area contributed by atoms with E-state index in [4.69, 9.17) is 4.74 Å². The molecule has 1 fully saturated rings. The second kappa shape index (κ2) is 7.66. The van der Waals surface area contributed by atoms with Crippen molar-refractivity contribution in [3.63, 3.8) is 0 Å². The van der Waals surface area contributed by atoms with Crippen LogP contribution in [0.5, 0.6) is 5.75 Å². The lowest BCUT2D eigenvalue weighted by atomic mass is 10.0. The monoisotopic (exact) mass is 361 g/mol. The fourth-order valence-electron chi connectivity index (χ4n) is 3.51. The highest BCUT2D eigenvalue weighted by atomic mass is 16.5. The molecule has 1 aromatic heterocycles. The van der Waals surface area contributed by atoms with E-state index < -0.39 is 0 Å².